The molecule has 0 aliphatic rings. The standard InChI is InChI=1S/C26H24N2O2/c1-14-8-6-10-16-22(14)27-20-12-19-21(13-18(20)24(16)29)28(26(3,4)5)23-15(2)9-7-11-17(23)25(19)30/h6-13H,1-5H3,(H,27,29). The number of para-hydroxylation sites is 2. The number of aryl methyl sites for hydroxylation is 2. The number of aromatic amines is 1. The maximum absolute atomic E-state index is 13.5. The second kappa shape index (κ2) is 6.05. The van der Waals surface area contributed by atoms with Crippen LogP contribution in [0.25, 0.3) is 43.6 Å². The van der Waals surface area contributed by atoms with Crippen molar-refractivity contribution in [2.24, 2.45) is 0 Å². The van der Waals surface area contributed by atoms with Gasteiger partial charge in [0.25, 0.3) is 0 Å². The number of nitrogens with zero attached hydrogens (tertiary/aromatic N) is 1. The van der Waals surface area contributed by atoms with Gasteiger partial charge < -0.3 is 9.55 Å². The molecule has 0 fully saturated rings. The molecule has 0 aliphatic heterocycles. The van der Waals surface area contributed by atoms with E-state index in [0.717, 1.165) is 27.7 Å². The van der Waals surface area contributed by atoms with Crippen molar-refractivity contribution in [3.8, 4) is 0 Å². The van der Waals surface area contributed by atoms with Crippen LogP contribution in [0.2, 0.25) is 0 Å². The van der Waals surface area contributed by atoms with Crippen LogP contribution >= 0.6 is 0 Å². The normalized spacial score (nSPS) is 12.4. The average Bonchev–Trinajstić information content (AvgIpc) is 2.68. The van der Waals surface area contributed by atoms with Gasteiger partial charge in [0.1, 0.15) is 0 Å². The van der Waals surface area contributed by atoms with Gasteiger partial charge in [0, 0.05) is 27.1 Å². The van der Waals surface area contributed by atoms with Crippen LogP contribution in [0.3, 0.4) is 0 Å². The molecule has 0 saturated carbocycles. The van der Waals surface area contributed by atoms with Gasteiger partial charge in [0.15, 0.2) is 10.9 Å². The molecule has 0 unspecified atom stereocenters. The largest absolute Gasteiger partial charge is 0.354 e. The minimum atomic E-state index is -0.274. The number of rotatable bonds is 0. The lowest BCUT2D eigenvalue weighted by atomic mass is 9.98. The fourth-order valence-electron chi connectivity index (χ4n) is 4.65. The molecule has 0 aliphatic carbocycles. The second-order valence-corrected chi connectivity index (χ2v) is 9.17. The number of H-pyrrole nitrogens is 1. The van der Waals surface area contributed by atoms with Gasteiger partial charge >= 0.3 is 0 Å². The molecule has 2 heterocycles. The van der Waals surface area contributed by atoms with E-state index in [9.17, 15) is 9.59 Å². The molecule has 0 radical (unpaired) electrons. The predicted molar refractivity (Wildman–Crippen MR) is 126 cm³/mol. The first-order chi connectivity index (χ1) is 14.2. The van der Waals surface area contributed by atoms with Crippen molar-refractivity contribution in [3.63, 3.8) is 0 Å². The van der Waals surface area contributed by atoms with Gasteiger partial charge in [-0.25, -0.2) is 0 Å². The van der Waals surface area contributed by atoms with Crippen LogP contribution in [-0.2, 0) is 5.54 Å². The molecule has 2 aromatic heterocycles. The van der Waals surface area contributed by atoms with Gasteiger partial charge in [0.05, 0.1) is 22.1 Å². The maximum Gasteiger partial charge on any atom is 0.197 e. The van der Waals surface area contributed by atoms with E-state index in [2.05, 4.69) is 30.3 Å². The molecule has 4 heteroatoms. The average molecular weight is 396 g/mol. The van der Waals surface area contributed by atoms with Crippen LogP contribution in [0.15, 0.2) is 58.1 Å². The second-order valence-electron chi connectivity index (χ2n) is 9.17. The van der Waals surface area contributed by atoms with Crippen LogP contribution in [0.4, 0.5) is 0 Å². The molecular formula is C26H24N2O2. The summed E-state index contributed by atoms with van der Waals surface area (Å²) < 4.78 is 2.20. The highest BCUT2D eigenvalue weighted by Gasteiger charge is 2.22. The molecule has 4 nitrogen and oxygen atoms in total. The number of fused-ring (bicyclic) bond motifs is 4. The Morgan fingerprint density at radius 2 is 1.40 bits per heavy atom. The lowest BCUT2D eigenvalue weighted by Crippen LogP contribution is -2.26. The molecule has 0 atom stereocenters. The zero-order chi connectivity index (χ0) is 21.4. The molecule has 5 rings (SSSR count). The van der Waals surface area contributed by atoms with E-state index in [1.54, 1.807) is 0 Å². The molecule has 5 aromatic rings. The fraction of sp³-hybridized carbons (Fsp3) is 0.231. The minimum absolute atomic E-state index is 0.00294. The van der Waals surface area contributed by atoms with Crippen molar-refractivity contribution < 1.29 is 0 Å². The van der Waals surface area contributed by atoms with E-state index in [-0.39, 0.29) is 16.4 Å². The van der Waals surface area contributed by atoms with Crippen LogP contribution < -0.4 is 10.9 Å². The molecule has 1 N–H and O–H groups in total. The monoisotopic (exact) mass is 396 g/mol. The van der Waals surface area contributed by atoms with E-state index in [1.165, 1.54) is 0 Å². The van der Waals surface area contributed by atoms with E-state index < -0.39 is 0 Å². The van der Waals surface area contributed by atoms with E-state index >= 15 is 0 Å². The van der Waals surface area contributed by atoms with Crippen LogP contribution in [0, 0.1) is 13.8 Å². The highest BCUT2D eigenvalue weighted by molar-refractivity contribution is 6.04. The summed E-state index contributed by atoms with van der Waals surface area (Å²) in [6.45, 7) is 10.4. The Balaban J connectivity index is 2.12. The third-order valence-corrected chi connectivity index (χ3v) is 6.02. The molecule has 150 valence electrons. The van der Waals surface area contributed by atoms with Gasteiger partial charge in [-0.1, -0.05) is 24.3 Å². The number of nitrogens with one attached hydrogen (secondary N) is 1. The number of hydrogen-bond acceptors (Lipinski definition) is 2. The fourth-order valence-corrected chi connectivity index (χ4v) is 4.65. The first kappa shape index (κ1) is 18.6. The summed E-state index contributed by atoms with van der Waals surface area (Å²) in [5.74, 6) is 0. The maximum atomic E-state index is 13.5. The van der Waals surface area contributed by atoms with Crippen molar-refractivity contribution in [2.75, 3.05) is 0 Å². The van der Waals surface area contributed by atoms with Gasteiger partial charge in [0.2, 0.25) is 0 Å². The Morgan fingerprint density at radius 1 is 0.767 bits per heavy atom. The van der Waals surface area contributed by atoms with Crippen LogP contribution in [0.5, 0.6) is 0 Å². The first-order valence-electron chi connectivity index (χ1n) is 10.2. The molecule has 0 bridgehead atoms. The zero-order valence-corrected chi connectivity index (χ0v) is 17.9. The number of hydrogen-bond donors (Lipinski definition) is 1. The van der Waals surface area contributed by atoms with Gasteiger partial charge in [-0.2, -0.15) is 0 Å². The third-order valence-electron chi connectivity index (χ3n) is 6.02. The summed E-state index contributed by atoms with van der Waals surface area (Å²) in [4.78, 5) is 30.2. The van der Waals surface area contributed by atoms with E-state index in [4.69, 9.17) is 0 Å². The third kappa shape index (κ3) is 2.46. The predicted octanol–water partition coefficient (Wildman–Crippen LogP) is 5.52. The lowest BCUT2D eigenvalue weighted by molar-refractivity contribution is 0.421. The summed E-state index contributed by atoms with van der Waals surface area (Å²) >= 11 is 0. The smallest absolute Gasteiger partial charge is 0.197 e. The highest BCUT2D eigenvalue weighted by Crippen LogP contribution is 2.31. The van der Waals surface area contributed by atoms with Crippen LogP contribution in [0.1, 0.15) is 31.9 Å². The summed E-state index contributed by atoms with van der Waals surface area (Å²) in [5.41, 5.74) is 5.00. The van der Waals surface area contributed by atoms with Gasteiger partial charge in [-0.15, -0.1) is 0 Å². The van der Waals surface area contributed by atoms with Crippen molar-refractivity contribution >= 4 is 43.6 Å². The number of pyridine rings is 2. The van der Waals surface area contributed by atoms with Gasteiger partial charge in [-0.3, -0.25) is 9.59 Å². The number of aromatic nitrogens is 2. The zero-order valence-electron chi connectivity index (χ0n) is 17.9. The van der Waals surface area contributed by atoms with Gasteiger partial charge in [-0.05, 0) is 70.0 Å². The molecule has 0 spiro atoms. The van der Waals surface area contributed by atoms with E-state index in [0.29, 0.717) is 27.1 Å². The molecule has 30 heavy (non-hydrogen) atoms. The molecule has 3 aromatic carbocycles. The molecule has 0 saturated heterocycles. The summed E-state index contributed by atoms with van der Waals surface area (Å²) in [5, 5.41) is 2.60. The summed E-state index contributed by atoms with van der Waals surface area (Å²) in [6.07, 6.45) is 0. The van der Waals surface area contributed by atoms with Crippen molar-refractivity contribution in [1.29, 1.82) is 0 Å². The summed E-state index contributed by atoms with van der Waals surface area (Å²) in [6, 6.07) is 15.3. The van der Waals surface area contributed by atoms with Crippen molar-refractivity contribution in [1.82, 2.24) is 9.55 Å². The Kier molecular flexibility index (Phi) is 3.75. The van der Waals surface area contributed by atoms with Crippen LogP contribution in [-0.4, -0.2) is 9.55 Å². The Labute approximate surface area is 173 Å². The topological polar surface area (TPSA) is 54.9 Å². The molecular weight excluding hydrogens is 372 g/mol. The Bertz CT molecular complexity index is 1630. The highest BCUT2D eigenvalue weighted by atomic mass is 16.1. The first-order valence-corrected chi connectivity index (χ1v) is 10.2. The van der Waals surface area contributed by atoms with Crippen molar-refractivity contribution in [2.45, 2.75) is 40.2 Å². The van der Waals surface area contributed by atoms with Crippen molar-refractivity contribution in [3.05, 3.63) is 80.1 Å². The minimum Gasteiger partial charge on any atom is -0.354 e. The molecule has 0 amide bonds. The number of benzene rings is 3. The Hall–Kier alpha value is -3.40. The van der Waals surface area contributed by atoms with E-state index in [1.807, 2.05) is 62.4 Å². The lowest BCUT2D eigenvalue weighted by Gasteiger charge is -2.29. The Morgan fingerprint density at radius 3 is 2.10 bits per heavy atom. The quantitative estimate of drug-likeness (QED) is 0.350. The summed E-state index contributed by atoms with van der Waals surface area (Å²) in [7, 11) is 0. The SMILES string of the molecule is Cc1cccc2c(=O)c3cc4c(cc3[nH]c12)c(=O)c1cccc(C)c1n4C(C)(C)C.